The molecule has 1 atom stereocenters. The third-order valence-electron chi connectivity index (χ3n) is 2.66. The molecule has 6 heteroatoms. The van der Waals surface area contributed by atoms with Crippen LogP contribution in [0.15, 0.2) is 0 Å². The number of nitrogens with one attached hydrogen (secondary N) is 1. The number of rotatable bonds is 6. The Bertz CT molecular complexity index is 274. The Balaban J connectivity index is 2.42. The summed E-state index contributed by atoms with van der Waals surface area (Å²) in [6.45, 7) is 1.56. The summed E-state index contributed by atoms with van der Waals surface area (Å²) in [6.07, 6.45) is 4.06. The van der Waals surface area contributed by atoms with Gasteiger partial charge < -0.3 is 5.32 Å². The summed E-state index contributed by atoms with van der Waals surface area (Å²) in [5.74, 6) is 1.10. The maximum absolute atomic E-state index is 11.9. The van der Waals surface area contributed by atoms with Gasteiger partial charge in [-0.15, -0.1) is 0 Å². The van der Waals surface area contributed by atoms with Gasteiger partial charge in [-0.3, -0.25) is 0 Å². The Hall–Kier alpha value is 0.220. The molecule has 0 saturated carbocycles. The molecule has 1 N–H and O–H groups in total. The predicted molar refractivity (Wildman–Crippen MR) is 65.8 cm³/mol. The van der Waals surface area contributed by atoms with E-state index in [1.54, 1.807) is 18.8 Å². The van der Waals surface area contributed by atoms with Crippen molar-refractivity contribution < 1.29 is 8.42 Å². The van der Waals surface area contributed by atoms with Gasteiger partial charge in [-0.25, -0.2) is 12.7 Å². The summed E-state index contributed by atoms with van der Waals surface area (Å²) in [5.41, 5.74) is 0. The molecule has 0 aromatic heterocycles. The molecule has 0 amide bonds. The van der Waals surface area contributed by atoms with Crippen molar-refractivity contribution >= 4 is 21.8 Å². The summed E-state index contributed by atoms with van der Waals surface area (Å²) in [7, 11) is -1.39. The van der Waals surface area contributed by atoms with Crippen LogP contribution >= 0.6 is 11.8 Å². The SMILES string of the molecule is CSCCN(C)S(=O)(=O)CC1CCCN1. The van der Waals surface area contributed by atoms with E-state index < -0.39 is 10.0 Å². The molecule has 0 spiro atoms. The molecule has 1 fully saturated rings. The van der Waals surface area contributed by atoms with Gasteiger partial charge in [0.05, 0.1) is 5.75 Å². The van der Waals surface area contributed by atoms with Crippen LogP contribution in [-0.4, -0.2) is 56.7 Å². The Morgan fingerprint density at radius 3 is 2.80 bits per heavy atom. The highest BCUT2D eigenvalue weighted by molar-refractivity contribution is 7.98. The van der Waals surface area contributed by atoms with Gasteiger partial charge in [-0.1, -0.05) is 0 Å². The molecule has 0 aliphatic carbocycles. The van der Waals surface area contributed by atoms with Crippen molar-refractivity contribution in [2.24, 2.45) is 0 Å². The van der Waals surface area contributed by atoms with Gasteiger partial charge in [0.25, 0.3) is 0 Å². The minimum Gasteiger partial charge on any atom is -0.313 e. The first-order valence-corrected chi connectivity index (χ1v) is 8.23. The molecule has 1 saturated heterocycles. The van der Waals surface area contributed by atoms with E-state index in [9.17, 15) is 8.42 Å². The highest BCUT2D eigenvalue weighted by Gasteiger charge is 2.24. The van der Waals surface area contributed by atoms with Crippen LogP contribution in [-0.2, 0) is 10.0 Å². The van der Waals surface area contributed by atoms with Crippen LogP contribution in [0.5, 0.6) is 0 Å². The van der Waals surface area contributed by atoms with E-state index in [-0.39, 0.29) is 11.8 Å². The largest absolute Gasteiger partial charge is 0.313 e. The molecule has 1 rings (SSSR count). The highest BCUT2D eigenvalue weighted by atomic mass is 32.2. The monoisotopic (exact) mass is 252 g/mol. The Morgan fingerprint density at radius 1 is 1.53 bits per heavy atom. The fourth-order valence-corrected chi connectivity index (χ4v) is 3.63. The summed E-state index contributed by atoms with van der Waals surface area (Å²) >= 11 is 1.67. The quantitative estimate of drug-likeness (QED) is 0.742. The Morgan fingerprint density at radius 2 is 2.27 bits per heavy atom. The topological polar surface area (TPSA) is 49.4 Å². The van der Waals surface area contributed by atoms with Crippen LogP contribution in [0.3, 0.4) is 0 Å². The lowest BCUT2D eigenvalue weighted by atomic mass is 10.3. The molecule has 1 aliphatic heterocycles. The van der Waals surface area contributed by atoms with Crippen LogP contribution in [0, 0.1) is 0 Å². The zero-order valence-corrected chi connectivity index (χ0v) is 11.0. The van der Waals surface area contributed by atoms with E-state index in [0.717, 1.165) is 25.1 Å². The van der Waals surface area contributed by atoms with Crippen molar-refractivity contribution in [2.75, 3.05) is 37.9 Å². The molecule has 15 heavy (non-hydrogen) atoms. The van der Waals surface area contributed by atoms with Crippen LogP contribution in [0.25, 0.3) is 0 Å². The standard InChI is InChI=1S/C9H20N2O2S2/c1-11(6-7-14-2)15(12,13)8-9-4-3-5-10-9/h9-10H,3-8H2,1-2H3. The first-order valence-electron chi connectivity index (χ1n) is 5.22. The maximum atomic E-state index is 11.9. The zero-order chi connectivity index (χ0) is 11.3. The minimum atomic E-state index is -3.06. The smallest absolute Gasteiger partial charge is 0.215 e. The van der Waals surface area contributed by atoms with Crippen LogP contribution in [0.4, 0.5) is 0 Å². The fraction of sp³-hybridized carbons (Fsp3) is 1.00. The average Bonchev–Trinajstić information content (AvgIpc) is 2.65. The van der Waals surface area contributed by atoms with Crippen molar-refractivity contribution in [1.82, 2.24) is 9.62 Å². The summed E-state index contributed by atoms with van der Waals surface area (Å²) in [4.78, 5) is 0. The van der Waals surface area contributed by atoms with Crippen LogP contribution in [0.1, 0.15) is 12.8 Å². The normalized spacial score (nSPS) is 22.5. The first-order chi connectivity index (χ1) is 7.06. The van der Waals surface area contributed by atoms with Gasteiger partial charge in [-0.2, -0.15) is 11.8 Å². The Kier molecular flexibility index (Phi) is 5.38. The number of hydrogen-bond acceptors (Lipinski definition) is 4. The first kappa shape index (κ1) is 13.3. The van der Waals surface area contributed by atoms with Crippen LogP contribution < -0.4 is 5.32 Å². The molecule has 0 aromatic carbocycles. The minimum absolute atomic E-state index is 0.159. The molecule has 1 heterocycles. The summed E-state index contributed by atoms with van der Waals surface area (Å²) in [6, 6.07) is 0.159. The molecular weight excluding hydrogens is 232 g/mol. The summed E-state index contributed by atoms with van der Waals surface area (Å²) < 4.78 is 25.2. The lowest BCUT2D eigenvalue weighted by molar-refractivity contribution is 0.479. The van der Waals surface area contributed by atoms with Crippen molar-refractivity contribution in [3.05, 3.63) is 0 Å². The Labute approximate surface area is 96.8 Å². The predicted octanol–water partition coefficient (Wildman–Crippen LogP) is 0.363. The number of sulfonamides is 1. The van der Waals surface area contributed by atoms with E-state index in [1.165, 1.54) is 4.31 Å². The second-order valence-corrected chi connectivity index (χ2v) is 6.99. The number of nitrogens with zero attached hydrogens (tertiary/aromatic N) is 1. The zero-order valence-electron chi connectivity index (χ0n) is 9.40. The molecule has 0 aromatic rings. The second kappa shape index (κ2) is 6.08. The van der Waals surface area contributed by atoms with Gasteiger partial charge in [0, 0.05) is 25.4 Å². The fourth-order valence-electron chi connectivity index (χ4n) is 1.64. The van der Waals surface area contributed by atoms with Crippen molar-refractivity contribution in [3.63, 3.8) is 0 Å². The van der Waals surface area contributed by atoms with E-state index >= 15 is 0 Å². The van der Waals surface area contributed by atoms with E-state index in [1.807, 2.05) is 6.26 Å². The molecule has 1 unspecified atom stereocenters. The van der Waals surface area contributed by atoms with Crippen molar-refractivity contribution in [3.8, 4) is 0 Å². The van der Waals surface area contributed by atoms with E-state index in [2.05, 4.69) is 5.32 Å². The molecule has 4 nitrogen and oxygen atoms in total. The maximum Gasteiger partial charge on any atom is 0.215 e. The van der Waals surface area contributed by atoms with Crippen molar-refractivity contribution in [2.45, 2.75) is 18.9 Å². The molecular formula is C9H20N2O2S2. The lowest BCUT2D eigenvalue weighted by Gasteiger charge is -2.19. The molecule has 0 radical (unpaired) electrons. The number of hydrogen-bond donors (Lipinski definition) is 1. The lowest BCUT2D eigenvalue weighted by Crippen LogP contribution is -2.38. The third-order valence-corrected chi connectivity index (χ3v) is 5.21. The molecule has 0 bridgehead atoms. The van der Waals surface area contributed by atoms with E-state index in [0.29, 0.717) is 6.54 Å². The van der Waals surface area contributed by atoms with Crippen molar-refractivity contribution in [1.29, 1.82) is 0 Å². The third kappa shape index (κ3) is 4.30. The average molecular weight is 252 g/mol. The van der Waals surface area contributed by atoms with Gasteiger partial charge in [-0.05, 0) is 25.6 Å². The van der Waals surface area contributed by atoms with Gasteiger partial charge in [0.2, 0.25) is 10.0 Å². The van der Waals surface area contributed by atoms with Gasteiger partial charge in [0.15, 0.2) is 0 Å². The highest BCUT2D eigenvalue weighted by Crippen LogP contribution is 2.10. The van der Waals surface area contributed by atoms with Crippen LogP contribution in [0.2, 0.25) is 0 Å². The second-order valence-electron chi connectivity index (χ2n) is 3.89. The summed E-state index contributed by atoms with van der Waals surface area (Å²) in [5, 5.41) is 3.21. The van der Waals surface area contributed by atoms with Gasteiger partial charge >= 0.3 is 0 Å². The molecule has 90 valence electrons. The molecule has 1 aliphatic rings. The number of thioether (sulfide) groups is 1. The van der Waals surface area contributed by atoms with E-state index in [4.69, 9.17) is 0 Å². The van der Waals surface area contributed by atoms with Gasteiger partial charge in [0.1, 0.15) is 0 Å².